The van der Waals surface area contributed by atoms with Crippen LogP contribution in [-0.4, -0.2) is 36.4 Å². The number of esters is 1. The van der Waals surface area contributed by atoms with Gasteiger partial charge in [0.25, 0.3) is 0 Å². The van der Waals surface area contributed by atoms with E-state index in [4.69, 9.17) is 18.6 Å². The lowest BCUT2D eigenvalue weighted by Gasteiger charge is -2.15. The van der Waals surface area contributed by atoms with Gasteiger partial charge in [-0.25, -0.2) is 9.78 Å². The van der Waals surface area contributed by atoms with Gasteiger partial charge in [0.05, 0.1) is 24.7 Å². The Morgan fingerprint density at radius 2 is 2.48 bits per heavy atom. The van der Waals surface area contributed by atoms with Crippen molar-refractivity contribution in [1.82, 2.24) is 4.98 Å². The first-order valence-corrected chi connectivity index (χ1v) is 8.48. The van der Waals surface area contributed by atoms with Gasteiger partial charge in [-0.3, -0.25) is 0 Å². The molecule has 1 aliphatic heterocycles. The van der Waals surface area contributed by atoms with Crippen LogP contribution in [0.1, 0.15) is 25.5 Å². The van der Waals surface area contributed by atoms with Gasteiger partial charge in [-0.2, -0.15) is 0 Å². The van der Waals surface area contributed by atoms with Gasteiger partial charge in [0.2, 0.25) is 0 Å². The van der Waals surface area contributed by atoms with E-state index in [1.54, 1.807) is 13.2 Å². The number of thiazole rings is 1. The topological polar surface area (TPSA) is 70.8 Å². The molecule has 0 amide bonds. The Kier molecular flexibility index (Phi) is 5.43. The Morgan fingerprint density at radius 1 is 1.57 bits per heavy atom. The molecule has 6 nitrogen and oxygen atoms in total. The maximum atomic E-state index is 11.9. The number of hydrogen-bond acceptors (Lipinski definition) is 7. The number of aromatic nitrogens is 1. The third-order valence-corrected chi connectivity index (χ3v) is 4.44. The van der Waals surface area contributed by atoms with E-state index in [1.807, 2.05) is 17.5 Å². The first-order valence-electron chi connectivity index (χ1n) is 7.60. The zero-order chi connectivity index (χ0) is 16.1. The second-order valence-electron chi connectivity index (χ2n) is 5.34. The maximum absolute atomic E-state index is 11.9. The van der Waals surface area contributed by atoms with E-state index in [-0.39, 0.29) is 12.7 Å². The molecule has 2 aromatic rings. The van der Waals surface area contributed by atoms with Crippen LogP contribution in [0.5, 0.6) is 0 Å². The summed E-state index contributed by atoms with van der Waals surface area (Å²) >= 11 is 1.45. The fourth-order valence-corrected chi connectivity index (χ4v) is 3.02. The second-order valence-corrected chi connectivity index (χ2v) is 6.20. The largest absolute Gasteiger partial charge is 0.462 e. The lowest BCUT2D eigenvalue weighted by atomic mass is 10.2. The molecule has 2 atom stereocenters. The van der Waals surface area contributed by atoms with Gasteiger partial charge in [0, 0.05) is 12.0 Å². The summed E-state index contributed by atoms with van der Waals surface area (Å²) in [6, 6.07) is 3.65. The normalized spacial score (nSPS) is 18.9. The van der Waals surface area contributed by atoms with Crippen molar-refractivity contribution in [2.24, 2.45) is 0 Å². The highest BCUT2D eigenvalue weighted by molar-refractivity contribution is 7.13. The molecular weight excluding hydrogens is 318 g/mol. The summed E-state index contributed by atoms with van der Waals surface area (Å²) < 4.78 is 21.5. The van der Waals surface area contributed by atoms with Crippen molar-refractivity contribution < 1.29 is 23.4 Å². The number of furan rings is 1. The highest BCUT2D eigenvalue weighted by atomic mass is 32.1. The van der Waals surface area contributed by atoms with E-state index in [0.717, 1.165) is 24.5 Å². The number of hydrogen-bond donors (Lipinski definition) is 0. The SMILES string of the molecule is CC(OCC1CCCO1)C(=O)OCc1csc(-c2ccco2)n1. The van der Waals surface area contributed by atoms with Gasteiger partial charge >= 0.3 is 5.97 Å². The van der Waals surface area contributed by atoms with Crippen molar-refractivity contribution in [3.8, 4) is 10.8 Å². The van der Waals surface area contributed by atoms with Gasteiger partial charge in [0.1, 0.15) is 6.61 Å². The summed E-state index contributed by atoms with van der Waals surface area (Å²) in [4.78, 5) is 16.3. The first kappa shape index (κ1) is 16.2. The lowest BCUT2D eigenvalue weighted by molar-refractivity contribution is -0.159. The zero-order valence-electron chi connectivity index (χ0n) is 12.9. The fraction of sp³-hybridized carbons (Fsp3) is 0.500. The average Bonchev–Trinajstić information content (AvgIpc) is 3.32. The third kappa shape index (κ3) is 4.40. The summed E-state index contributed by atoms with van der Waals surface area (Å²) in [6.07, 6.45) is 3.12. The molecule has 0 radical (unpaired) electrons. The van der Waals surface area contributed by atoms with Crippen molar-refractivity contribution in [3.63, 3.8) is 0 Å². The highest BCUT2D eigenvalue weighted by Gasteiger charge is 2.21. The molecule has 124 valence electrons. The molecule has 0 aliphatic carbocycles. The number of carbonyl (C=O) groups is 1. The predicted molar refractivity (Wildman–Crippen MR) is 84.0 cm³/mol. The number of carbonyl (C=O) groups excluding carboxylic acids is 1. The molecule has 2 unspecified atom stereocenters. The summed E-state index contributed by atoms with van der Waals surface area (Å²) in [5.74, 6) is 0.316. The van der Waals surface area contributed by atoms with Crippen molar-refractivity contribution in [1.29, 1.82) is 0 Å². The van der Waals surface area contributed by atoms with Crippen LogP contribution in [0.4, 0.5) is 0 Å². The standard InChI is InChI=1S/C16H19NO5S/c1-11(21-9-13-4-2-6-19-13)16(18)22-8-12-10-23-15(17-12)14-5-3-7-20-14/h3,5,7,10-11,13H,2,4,6,8-9H2,1H3. The van der Waals surface area contributed by atoms with Crippen LogP contribution < -0.4 is 0 Å². The lowest BCUT2D eigenvalue weighted by Crippen LogP contribution is -2.27. The predicted octanol–water partition coefficient (Wildman–Crippen LogP) is 3.03. The quantitative estimate of drug-likeness (QED) is 0.723. The molecule has 0 saturated carbocycles. The van der Waals surface area contributed by atoms with Crippen LogP contribution >= 0.6 is 11.3 Å². The van der Waals surface area contributed by atoms with Crippen LogP contribution in [0.3, 0.4) is 0 Å². The van der Waals surface area contributed by atoms with Crippen molar-refractivity contribution in [2.45, 2.75) is 38.6 Å². The fourth-order valence-electron chi connectivity index (χ4n) is 2.24. The molecule has 0 aromatic carbocycles. The molecule has 2 aromatic heterocycles. The summed E-state index contributed by atoms with van der Waals surface area (Å²) in [5.41, 5.74) is 0.695. The molecule has 0 spiro atoms. The number of nitrogens with zero attached hydrogens (tertiary/aromatic N) is 1. The van der Waals surface area contributed by atoms with E-state index in [9.17, 15) is 4.79 Å². The van der Waals surface area contributed by atoms with Gasteiger partial charge in [-0.1, -0.05) is 0 Å². The maximum Gasteiger partial charge on any atom is 0.335 e. The van der Waals surface area contributed by atoms with Gasteiger partial charge < -0.3 is 18.6 Å². The molecule has 3 heterocycles. The minimum atomic E-state index is -0.609. The van der Waals surface area contributed by atoms with E-state index in [2.05, 4.69) is 4.98 Å². The van der Waals surface area contributed by atoms with Gasteiger partial charge in [-0.15, -0.1) is 11.3 Å². The van der Waals surface area contributed by atoms with Gasteiger partial charge in [-0.05, 0) is 31.9 Å². The second kappa shape index (κ2) is 7.72. The Balaban J connectivity index is 1.43. The summed E-state index contributed by atoms with van der Waals surface area (Å²) in [5, 5.41) is 2.62. The molecule has 0 N–H and O–H groups in total. The van der Waals surface area contributed by atoms with Crippen molar-refractivity contribution in [3.05, 3.63) is 29.5 Å². The van der Waals surface area contributed by atoms with E-state index >= 15 is 0 Å². The van der Waals surface area contributed by atoms with E-state index < -0.39 is 12.1 Å². The monoisotopic (exact) mass is 337 g/mol. The Bertz CT molecular complexity index is 618. The molecule has 0 bridgehead atoms. The molecule has 1 fully saturated rings. The van der Waals surface area contributed by atoms with Crippen molar-refractivity contribution in [2.75, 3.05) is 13.2 Å². The Morgan fingerprint density at radius 3 is 3.22 bits per heavy atom. The van der Waals surface area contributed by atoms with Gasteiger partial charge in [0.15, 0.2) is 16.9 Å². The smallest absolute Gasteiger partial charge is 0.335 e. The first-order chi connectivity index (χ1) is 11.2. The van der Waals surface area contributed by atoms with Crippen LogP contribution in [0.15, 0.2) is 28.2 Å². The van der Waals surface area contributed by atoms with Crippen LogP contribution in [0, 0.1) is 0 Å². The van der Waals surface area contributed by atoms with Crippen LogP contribution in [0.2, 0.25) is 0 Å². The molecular formula is C16H19NO5S. The molecule has 23 heavy (non-hydrogen) atoms. The number of ether oxygens (including phenoxy) is 3. The molecule has 3 rings (SSSR count). The highest BCUT2D eigenvalue weighted by Crippen LogP contribution is 2.24. The Hall–Kier alpha value is -1.70. The summed E-state index contributed by atoms with van der Waals surface area (Å²) in [7, 11) is 0. The van der Waals surface area contributed by atoms with E-state index in [1.165, 1.54) is 11.3 Å². The molecule has 7 heteroatoms. The average molecular weight is 337 g/mol. The zero-order valence-corrected chi connectivity index (χ0v) is 13.7. The van der Waals surface area contributed by atoms with E-state index in [0.29, 0.717) is 18.1 Å². The van der Waals surface area contributed by atoms with Crippen molar-refractivity contribution >= 4 is 17.3 Å². The number of rotatable bonds is 7. The minimum absolute atomic E-state index is 0.0969. The van der Waals surface area contributed by atoms with Crippen LogP contribution in [0.25, 0.3) is 10.8 Å². The molecule has 1 saturated heterocycles. The third-order valence-electron chi connectivity index (χ3n) is 3.53. The summed E-state index contributed by atoms with van der Waals surface area (Å²) in [6.45, 7) is 3.01. The van der Waals surface area contributed by atoms with Crippen LogP contribution in [-0.2, 0) is 25.6 Å². The minimum Gasteiger partial charge on any atom is -0.462 e. The molecule has 1 aliphatic rings. The Labute approximate surface area is 138 Å².